The van der Waals surface area contributed by atoms with Gasteiger partial charge in [0.05, 0.1) is 5.69 Å². The van der Waals surface area contributed by atoms with Gasteiger partial charge >= 0.3 is 5.97 Å². The molecule has 0 saturated heterocycles. The van der Waals surface area contributed by atoms with Gasteiger partial charge in [-0.3, -0.25) is 14.3 Å². The number of carbonyl (C=O) groups excluding carboxylic acids is 2. The highest BCUT2D eigenvalue weighted by atomic mass is 16.5. The van der Waals surface area contributed by atoms with E-state index < -0.39 is 12.1 Å². The molecule has 0 aliphatic rings. The molecular weight excluding hydrogens is 306 g/mol. The summed E-state index contributed by atoms with van der Waals surface area (Å²) < 4.78 is 6.86. The van der Waals surface area contributed by atoms with Crippen LogP contribution in [0, 0.1) is 13.8 Å². The number of aryl methyl sites for hydroxylation is 2. The predicted molar refractivity (Wildman–Crippen MR) is 89.9 cm³/mol. The summed E-state index contributed by atoms with van der Waals surface area (Å²) in [6.07, 6.45) is 0.798. The molecule has 0 aliphatic carbocycles. The van der Waals surface area contributed by atoms with E-state index in [1.54, 1.807) is 17.8 Å². The number of ether oxygens (including phenoxy) is 1. The van der Waals surface area contributed by atoms with E-state index >= 15 is 0 Å². The number of benzene rings is 1. The highest BCUT2D eigenvalue weighted by molar-refractivity contribution is 6.10. The van der Waals surface area contributed by atoms with Crippen molar-refractivity contribution in [3.05, 3.63) is 53.5 Å². The number of H-pyrrole nitrogens is 1. The number of Topliss-reactive ketones (excluding diaryl/α,β-unsaturated/α-hetero) is 1. The van der Waals surface area contributed by atoms with Crippen molar-refractivity contribution >= 4 is 22.7 Å². The van der Waals surface area contributed by atoms with E-state index in [0.29, 0.717) is 5.56 Å². The van der Waals surface area contributed by atoms with Crippen LogP contribution >= 0.6 is 0 Å². The maximum atomic E-state index is 12.6. The smallest absolute Gasteiger partial charge is 0.328 e. The number of fused-ring (bicyclic) bond motifs is 1. The van der Waals surface area contributed by atoms with Crippen molar-refractivity contribution in [3.63, 3.8) is 0 Å². The van der Waals surface area contributed by atoms with Crippen molar-refractivity contribution in [1.82, 2.24) is 14.8 Å². The minimum Gasteiger partial charge on any atom is -0.453 e. The number of aromatic amines is 1. The fourth-order valence-corrected chi connectivity index (χ4v) is 2.74. The topological polar surface area (TPSA) is 77.0 Å². The summed E-state index contributed by atoms with van der Waals surface area (Å²) in [6, 6.07) is 9.40. The maximum Gasteiger partial charge on any atom is 0.328 e. The molecule has 2 heterocycles. The zero-order chi connectivity index (χ0) is 17.3. The van der Waals surface area contributed by atoms with Crippen molar-refractivity contribution in [3.8, 4) is 0 Å². The van der Waals surface area contributed by atoms with E-state index in [2.05, 4.69) is 10.1 Å². The van der Waals surface area contributed by atoms with Crippen LogP contribution in [0.4, 0.5) is 0 Å². The van der Waals surface area contributed by atoms with Gasteiger partial charge in [0, 0.05) is 28.4 Å². The quantitative estimate of drug-likeness (QED) is 0.578. The van der Waals surface area contributed by atoms with Crippen LogP contribution in [0.2, 0.25) is 0 Å². The van der Waals surface area contributed by atoms with E-state index in [9.17, 15) is 9.59 Å². The zero-order valence-corrected chi connectivity index (χ0v) is 13.9. The molecule has 1 unspecified atom stereocenters. The van der Waals surface area contributed by atoms with E-state index in [-0.39, 0.29) is 12.3 Å². The number of esters is 1. The number of nitrogens with zero attached hydrogens (tertiary/aromatic N) is 2. The Bertz CT molecular complexity index is 907. The Balaban J connectivity index is 1.70. The molecule has 0 bridgehead atoms. The molecule has 3 rings (SSSR count). The van der Waals surface area contributed by atoms with E-state index in [1.165, 1.54) is 0 Å². The van der Waals surface area contributed by atoms with Crippen LogP contribution in [0.25, 0.3) is 10.9 Å². The summed E-state index contributed by atoms with van der Waals surface area (Å²) in [5, 5.41) is 5.04. The molecule has 0 aliphatic heterocycles. The molecule has 0 amide bonds. The third kappa shape index (κ3) is 3.08. The number of para-hydroxylation sites is 1. The Morgan fingerprint density at radius 1 is 1.29 bits per heavy atom. The largest absolute Gasteiger partial charge is 0.453 e. The first-order valence-corrected chi connectivity index (χ1v) is 7.76. The van der Waals surface area contributed by atoms with Gasteiger partial charge in [-0.05, 0) is 32.9 Å². The number of rotatable bonds is 5. The molecule has 1 atom stereocenters. The second kappa shape index (κ2) is 6.31. The van der Waals surface area contributed by atoms with Gasteiger partial charge in [0.15, 0.2) is 6.10 Å². The SMILES string of the molecule is Cc1cc(C)n(CC(=O)OC(C)C(=O)c2c[nH]c3ccccc23)n1. The van der Waals surface area contributed by atoms with Crippen LogP contribution in [-0.4, -0.2) is 32.6 Å². The molecule has 6 heteroatoms. The molecule has 6 nitrogen and oxygen atoms in total. The van der Waals surface area contributed by atoms with Crippen LogP contribution in [0.15, 0.2) is 36.5 Å². The maximum absolute atomic E-state index is 12.6. The minimum atomic E-state index is -0.853. The third-order valence-corrected chi connectivity index (χ3v) is 3.91. The van der Waals surface area contributed by atoms with Crippen molar-refractivity contribution in [1.29, 1.82) is 0 Å². The number of aromatic nitrogens is 3. The van der Waals surface area contributed by atoms with E-state index in [1.807, 2.05) is 44.2 Å². The number of nitrogens with one attached hydrogen (secondary N) is 1. The van der Waals surface area contributed by atoms with Gasteiger partial charge in [-0.25, -0.2) is 0 Å². The fraction of sp³-hybridized carbons (Fsp3) is 0.278. The Labute approximate surface area is 139 Å². The lowest BCUT2D eigenvalue weighted by Gasteiger charge is -2.12. The summed E-state index contributed by atoms with van der Waals surface area (Å²) in [5.74, 6) is -0.712. The van der Waals surface area contributed by atoms with Crippen molar-refractivity contribution in [2.45, 2.75) is 33.4 Å². The van der Waals surface area contributed by atoms with Crippen molar-refractivity contribution < 1.29 is 14.3 Å². The second-order valence-electron chi connectivity index (χ2n) is 5.83. The number of hydrogen-bond acceptors (Lipinski definition) is 4. The molecule has 1 aromatic carbocycles. The van der Waals surface area contributed by atoms with E-state index in [0.717, 1.165) is 22.3 Å². The van der Waals surface area contributed by atoms with Gasteiger partial charge in [-0.1, -0.05) is 18.2 Å². The summed E-state index contributed by atoms with van der Waals surface area (Å²) in [5.41, 5.74) is 3.11. The predicted octanol–water partition coefficient (Wildman–Crippen LogP) is 2.80. The summed E-state index contributed by atoms with van der Waals surface area (Å²) in [4.78, 5) is 27.7. The number of ketones is 1. The first-order valence-electron chi connectivity index (χ1n) is 7.76. The van der Waals surface area contributed by atoms with Gasteiger partial charge < -0.3 is 9.72 Å². The lowest BCUT2D eigenvalue weighted by atomic mass is 10.1. The first-order chi connectivity index (χ1) is 11.5. The van der Waals surface area contributed by atoms with Gasteiger partial charge in [-0.15, -0.1) is 0 Å². The Hall–Kier alpha value is -2.89. The molecule has 2 aromatic heterocycles. The Kier molecular flexibility index (Phi) is 4.20. The molecule has 124 valence electrons. The average Bonchev–Trinajstić information content (AvgIpc) is 3.09. The van der Waals surface area contributed by atoms with Crippen LogP contribution in [-0.2, 0) is 16.1 Å². The highest BCUT2D eigenvalue weighted by Gasteiger charge is 2.22. The Morgan fingerprint density at radius 3 is 2.75 bits per heavy atom. The van der Waals surface area contributed by atoms with Crippen molar-refractivity contribution in [2.24, 2.45) is 0 Å². The summed E-state index contributed by atoms with van der Waals surface area (Å²) in [7, 11) is 0. The minimum absolute atomic E-state index is 0.00875. The fourth-order valence-electron chi connectivity index (χ4n) is 2.74. The molecule has 0 spiro atoms. The average molecular weight is 325 g/mol. The van der Waals surface area contributed by atoms with Gasteiger partial charge in [0.2, 0.25) is 5.78 Å². The first kappa shape index (κ1) is 16.0. The lowest BCUT2D eigenvalue weighted by Crippen LogP contribution is -2.27. The van der Waals surface area contributed by atoms with E-state index in [4.69, 9.17) is 4.74 Å². The molecule has 24 heavy (non-hydrogen) atoms. The zero-order valence-electron chi connectivity index (χ0n) is 13.9. The van der Waals surface area contributed by atoms with Crippen LogP contribution in [0.5, 0.6) is 0 Å². The molecule has 0 fully saturated rings. The molecule has 3 aromatic rings. The molecular formula is C18H19N3O3. The standard InChI is InChI=1S/C18H19N3O3/c1-11-8-12(2)21(20-11)10-17(22)24-13(3)18(23)15-9-19-16-7-5-4-6-14(15)16/h4-9,13,19H,10H2,1-3H3. The Morgan fingerprint density at radius 2 is 2.04 bits per heavy atom. The van der Waals surface area contributed by atoms with Gasteiger partial charge in [0.25, 0.3) is 0 Å². The molecule has 1 N–H and O–H groups in total. The third-order valence-electron chi connectivity index (χ3n) is 3.91. The molecule has 0 radical (unpaired) electrons. The normalized spacial score (nSPS) is 12.3. The van der Waals surface area contributed by atoms with Crippen LogP contribution < -0.4 is 0 Å². The number of carbonyl (C=O) groups is 2. The van der Waals surface area contributed by atoms with Gasteiger partial charge in [-0.2, -0.15) is 5.10 Å². The van der Waals surface area contributed by atoms with Crippen LogP contribution in [0.1, 0.15) is 28.7 Å². The highest BCUT2D eigenvalue weighted by Crippen LogP contribution is 2.20. The second-order valence-corrected chi connectivity index (χ2v) is 5.83. The summed E-state index contributed by atoms with van der Waals surface area (Å²) >= 11 is 0. The van der Waals surface area contributed by atoms with Crippen molar-refractivity contribution in [2.75, 3.05) is 0 Å². The summed E-state index contributed by atoms with van der Waals surface area (Å²) in [6.45, 7) is 5.31. The molecule has 0 saturated carbocycles. The monoisotopic (exact) mass is 325 g/mol. The number of hydrogen-bond donors (Lipinski definition) is 1. The van der Waals surface area contributed by atoms with Gasteiger partial charge in [0.1, 0.15) is 6.54 Å². The van der Waals surface area contributed by atoms with Crippen LogP contribution in [0.3, 0.4) is 0 Å². The lowest BCUT2D eigenvalue weighted by molar-refractivity contribution is -0.147.